The van der Waals surface area contributed by atoms with E-state index in [1.165, 1.54) is 24.8 Å². The van der Waals surface area contributed by atoms with E-state index in [0.29, 0.717) is 18.4 Å². The topological polar surface area (TPSA) is 46.9 Å². The standard InChI is InChI=1S/C25H35N3O/c1-17(2)8-10-28-22-6-4-3-5-21(22)27-23(28)7-9-26-24(29)25-14-18-11-19(15-25)13-20(12-18)16-25/h3-6,17-20H,7-16H2,1-2H3,(H,26,29). The fourth-order valence-corrected chi connectivity index (χ4v) is 6.82. The molecule has 156 valence electrons. The van der Waals surface area contributed by atoms with Crippen molar-refractivity contribution < 1.29 is 4.79 Å². The molecule has 1 N–H and O–H groups in total. The predicted molar refractivity (Wildman–Crippen MR) is 117 cm³/mol. The number of amides is 1. The molecule has 29 heavy (non-hydrogen) atoms. The van der Waals surface area contributed by atoms with Gasteiger partial charge in [-0.2, -0.15) is 0 Å². The lowest BCUT2D eigenvalue weighted by atomic mass is 9.49. The van der Waals surface area contributed by atoms with E-state index in [2.05, 4.69) is 48.0 Å². The van der Waals surface area contributed by atoms with E-state index in [1.807, 2.05) is 0 Å². The number of fused-ring (bicyclic) bond motifs is 1. The van der Waals surface area contributed by atoms with E-state index in [1.54, 1.807) is 0 Å². The first kappa shape index (κ1) is 19.1. The van der Waals surface area contributed by atoms with Crippen LogP contribution in [0.2, 0.25) is 0 Å². The molecule has 6 rings (SSSR count). The van der Waals surface area contributed by atoms with Crippen molar-refractivity contribution in [2.24, 2.45) is 29.1 Å². The number of imidazole rings is 1. The van der Waals surface area contributed by atoms with Gasteiger partial charge in [-0.25, -0.2) is 4.98 Å². The second-order valence-electron chi connectivity index (χ2n) is 10.6. The molecular weight excluding hydrogens is 358 g/mol. The van der Waals surface area contributed by atoms with Gasteiger partial charge in [0.05, 0.1) is 11.0 Å². The number of rotatable bonds is 7. The summed E-state index contributed by atoms with van der Waals surface area (Å²) in [5.41, 5.74) is 2.24. The van der Waals surface area contributed by atoms with E-state index in [-0.39, 0.29) is 5.41 Å². The summed E-state index contributed by atoms with van der Waals surface area (Å²) in [5.74, 6) is 4.55. The first-order chi connectivity index (χ1) is 14.0. The van der Waals surface area contributed by atoms with Crippen molar-refractivity contribution in [2.45, 2.75) is 71.8 Å². The molecule has 1 aromatic carbocycles. The molecule has 1 amide bonds. The summed E-state index contributed by atoms with van der Waals surface area (Å²) in [7, 11) is 0. The summed E-state index contributed by atoms with van der Waals surface area (Å²) in [6.45, 7) is 6.23. The maximum atomic E-state index is 13.2. The van der Waals surface area contributed by atoms with E-state index < -0.39 is 0 Å². The minimum Gasteiger partial charge on any atom is -0.355 e. The fraction of sp³-hybridized carbons (Fsp3) is 0.680. The van der Waals surface area contributed by atoms with Crippen LogP contribution in [-0.2, 0) is 17.8 Å². The highest BCUT2D eigenvalue weighted by Crippen LogP contribution is 2.60. The van der Waals surface area contributed by atoms with Crippen molar-refractivity contribution >= 4 is 16.9 Å². The van der Waals surface area contributed by atoms with Crippen molar-refractivity contribution in [3.05, 3.63) is 30.1 Å². The smallest absolute Gasteiger partial charge is 0.226 e. The van der Waals surface area contributed by atoms with Crippen LogP contribution in [0, 0.1) is 29.1 Å². The van der Waals surface area contributed by atoms with Crippen LogP contribution in [-0.4, -0.2) is 22.0 Å². The molecular formula is C25H35N3O. The Kier molecular flexibility index (Phi) is 4.92. The predicted octanol–water partition coefficient (Wildman–Crippen LogP) is 4.96. The summed E-state index contributed by atoms with van der Waals surface area (Å²) < 4.78 is 2.37. The fourth-order valence-electron chi connectivity index (χ4n) is 6.82. The highest BCUT2D eigenvalue weighted by Gasteiger charge is 2.54. The lowest BCUT2D eigenvalue weighted by Gasteiger charge is -2.55. The maximum absolute atomic E-state index is 13.2. The Morgan fingerprint density at radius 2 is 1.79 bits per heavy atom. The number of para-hydroxylation sites is 2. The van der Waals surface area contributed by atoms with Crippen LogP contribution in [0.1, 0.15) is 64.6 Å². The summed E-state index contributed by atoms with van der Waals surface area (Å²) in [5, 5.41) is 3.33. The summed E-state index contributed by atoms with van der Waals surface area (Å²) >= 11 is 0. The van der Waals surface area contributed by atoms with Gasteiger partial charge in [0, 0.05) is 24.9 Å². The lowest BCUT2D eigenvalue weighted by Crippen LogP contribution is -2.53. The summed E-state index contributed by atoms with van der Waals surface area (Å²) in [4.78, 5) is 18.1. The van der Waals surface area contributed by atoms with E-state index in [0.717, 1.165) is 67.7 Å². The molecule has 2 aromatic rings. The number of hydrogen-bond acceptors (Lipinski definition) is 2. The van der Waals surface area contributed by atoms with Crippen LogP contribution < -0.4 is 5.32 Å². The second kappa shape index (κ2) is 7.45. The highest BCUT2D eigenvalue weighted by molar-refractivity contribution is 5.83. The highest BCUT2D eigenvalue weighted by atomic mass is 16.2. The molecule has 4 bridgehead atoms. The van der Waals surface area contributed by atoms with Crippen LogP contribution in [0.5, 0.6) is 0 Å². The summed E-state index contributed by atoms with van der Waals surface area (Å²) in [6.07, 6.45) is 9.51. The normalized spacial score (nSPS) is 30.4. The molecule has 0 saturated heterocycles. The first-order valence-corrected chi connectivity index (χ1v) is 11.7. The average Bonchev–Trinajstić information content (AvgIpc) is 3.02. The third kappa shape index (κ3) is 3.60. The number of aryl methyl sites for hydroxylation is 1. The molecule has 4 saturated carbocycles. The van der Waals surface area contributed by atoms with E-state index >= 15 is 0 Å². The molecule has 4 fully saturated rings. The molecule has 0 aliphatic heterocycles. The number of benzene rings is 1. The zero-order chi connectivity index (χ0) is 20.0. The van der Waals surface area contributed by atoms with Gasteiger partial charge in [-0.1, -0.05) is 26.0 Å². The Bertz CT molecular complexity index is 861. The number of carbonyl (C=O) groups is 1. The van der Waals surface area contributed by atoms with Crippen molar-refractivity contribution in [1.29, 1.82) is 0 Å². The van der Waals surface area contributed by atoms with Gasteiger partial charge in [0.1, 0.15) is 5.82 Å². The maximum Gasteiger partial charge on any atom is 0.226 e. The molecule has 4 heteroatoms. The Morgan fingerprint density at radius 1 is 1.14 bits per heavy atom. The molecule has 0 unspecified atom stereocenters. The first-order valence-electron chi connectivity index (χ1n) is 11.7. The molecule has 0 spiro atoms. The molecule has 0 radical (unpaired) electrons. The number of aromatic nitrogens is 2. The van der Waals surface area contributed by atoms with Crippen LogP contribution in [0.4, 0.5) is 0 Å². The van der Waals surface area contributed by atoms with Gasteiger partial charge in [0.25, 0.3) is 0 Å². The zero-order valence-corrected chi connectivity index (χ0v) is 18.0. The molecule has 4 aliphatic rings. The average molecular weight is 394 g/mol. The van der Waals surface area contributed by atoms with Gasteiger partial charge >= 0.3 is 0 Å². The van der Waals surface area contributed by atoms with Crippen LogP contribution in [0.25, 0.3) is 11.0 Å². The number of nitrogens with zero attached hydrogens (tertiary/aromatic N) is 2. The Morgan fingerprint density at radius 3 is 2.45 bits per heavy atom. The van der Waals surface area contributed by atoms with Crippen molar-refractivity contribution in [2.75, 3.05) is 6.54 Å². The van der Waals surface area contributed by atoms with Crippen molar-refractivity contribution in [3.8, 4) is 0 Å². The number of hydrogen-bond donors (Lipinski definition) is 1. The zero-order valence-electron chi connectivity index (χ0n) is 18.0. The summed E-state index contributed by atoms with van der Waals surface area (Å²) in [6, 6.07) is 8.41. The molecule has 0 atom stereocenters. The molecule has 1 heterocycles. The van der Waals surface area contributed by atoms with Crippen LogP contribution in [0.3, 0.4) is 0 Å². The van der Waals surface area contributed by atoms with Crippen molar-refractivity contribution in [3.63, 3.8) is 0 Å². The van der Waals surface area contributed by atoms with Gasteiger partial charge in [-0.05, 0) is 80.8 Å². The minimum absolute atomic E-state index is 0.0491. The molecule has 4 aliphatic carbocycles. The second-order valence-corrected chi connectivity index (χ2v) is 10.6. The Balaban J connectivity index is 1.26. The third-order valence-electron chi connectivity index (χ3n) is 7.82. The van der Waals surface area contributed by atoms with Crippen LogP contribution in [0.15, 0.2) is 24.3 Å². The van der Waals surface area contributed by atoms with E-state index in [9.17, 15) is 4.79 Å². The quantitative estimate of drug-likeness (QED) is 0.723. The number of carbonyl (C=O) groups excluding carboxylic acids is 1. The van der Waals surface area contributed by atoms with E-state index in [4.69, 9.17) is 4.98 Å². The van der Waals surface area contributed by atoms with Crippen molar-refractivity contribution in [1.82, 2.24) is 14.9 Å². The third-order valence-corrected chi connectivity index (χ3v) is 7.82. The van der Waals surface area contributed by atoms with Gasteiger partial charge in [-0.15, -0.1) is 0 Å². The monoisotopic (exact) mass is 393 g/mol. The SMILES string of the molecule is CC(C)CCn1c(CCNC(=O)C23CC4CC(CC(C4)C2)C3)nc2ccccc21. The Hall–Kier alpha value is -1.84. The Labute approximate surface area is 174 Å². The van der Waals surface area contributed by atoms with Gasteiger partial charge in [-0.3, -0.25) is 4.79 Å². The van der Waals surface area contributed by atoms with Gasteiger partial charge in [0.15, 0.2) is 0 Å². The largest absolute Gasteiger partial charge is 0.355 e. The minimum atomic E-state index is -0.0491. The molecule has 4 nitrogen and oxygen atoms in total. The molecule has 1 aromatic heterocycles. The van der Waals surface area contributed by atoms with Gasteiger partial charge < -0.3 is 9.88 Å². The lowest BCUT2D eigenvalue weighted by molar-refractivity contribution is -0.146. The van der Waals surface area contributed by atoms with Crippen LogP contribution >= 0.6 is 0 Å². The van der Waals surface area contributed by atoms with Gasteiger partial charge in [0.2, 0.25) is 5.91 Å². The number of nitrogens with one attached hydrogen (secondary N) is 1.